The first-order valence-electron chi connectivity index (χ1n) is 5.39. The fourth-order valence-electron chi connectivity index (χ4n) is 2.14. The van der Waals surface area contributed by atoms with Crippen LogP contribution in [0.1, 0.15) is 36.8 Å². The highest BCUT2D eigenvalue weighted by Crippen LogP contribution is 2.25. The van der Waals surface area contributed by atoms with Crippen LogP contribution in [0, 0.1) is 12.8 Å². The lowest BCUT2D eigenvalue weighted by Crippen LogP contribution is -2.25. The third-order valence-electron chi connectivity index (χ3n) is 2.94. The van der Waals surface area contributed by atoms with Crippen LogP contribution in [0.3, 0.4) is 0 Å². The van der Waals surface area contributed by atoms with Crippen molar-refractivity contribution in [2.24, 2.45) is 5.92 Å². The molecule has 2 nitrogen and oxygen atoms in total. The molecular weight excluding hydrogens is 192 g/mol. The van der Waals surface area contributed by atoms with Crippen LogP contribution >= 0.6 is 11.5 Å². The molecule has 1 aromatic rings. The molecule has 1 heterocycles. The second-order valence-electron chi connectivity index (χ2n) is 4.43. The van der Waals surface area contributed by atoms with Crippen molar-refractivity contribution in [3.8, 4) is 0 Å². The Morgan fingerprint density at radius 2 is 2.43 bits per heavy atom. The van der Waals surface area contributed by atoms with E-state index in [1.807, 2.05) is 0 Å². The van der Waals surface area contributed by atoms with Gasteiger partial charge in [-0.3, -0.25) is 0 Å². The summed E-state index contributed by atoms with van der Waals surface area (Å²) in [6, 6.07) is 2.92. The van der Waals surface area contributed by atoms with Gasteiger partial charge in [0, 0.05) is 17.5 Å². The smallest absolute Gasteiger partial charge is 0.0514 e. The highest BCUT2D eigenvalue weighted by atomic mass is 32.1. The number of nitrogens with zero attached hydrogens (tertiary/aromatic N) is 1. The van der Waals surface area contributed by atoms with Crippen LogP contribution in [-0.2, 0) is 6.54 Å². The second-order valence-corrected chi connectivity index (χ2v) is 5.32. The van der Waals surface area contributed by atoms with Crippen LogP contribution in [0.25, 0.3) is 0 Å². The van der Waals surface area contributed by atoms with Crippen molar-refractivity contribution in [2.45, 2.75) is 45.7 Å². The summed E-state index contributed by atoms with van der Waals surface area (Å²) < 4.78 is 4.28. The van der Waals surface area contributed by atoms with E-state index in [2.05, 4.69) is 29.6 Å². The summed E-state index contributed by atoms with van der Waals surface area (Å²) in [6.07, 6.45) is 4.08. The molecule has 0 aliphatic heterocycles. The minimum absolute atomic E-state index is 0.743. The fraction of sp³-hybridized carbons (Fsp3) is 0.727. The fourth-order valence-corrected chi connectivity index (χ4v) is 2.82. The van der Waals surface area contributed by atoms with Gasteiger partial charge in [0.1, 0.15) is 0 Å². The quantitative estimate of drug-likeness (QED) is 0.829. The second kappa shape index (κ2) is 4.41. The van der Waals surface area contributed by atoms with Gasteiger partial charge in [0.05, 0.1) is 5.69 Å². The topological polar surface area (TPSA) is 24.9 Å². The molecule has 0 saturated heterocycles. The summed E-state index contributed by atoms with van der Waals surface area (Å²) in [5, 5.41) is 3.61. The van der Waals surface area contributed by atoms with Crippen molar-refractivity contribution in [1.29, 1.82) is 0 Å². The lowest BCUT2D eigenvalue weighted by molar-refractivity contribution is 0.504. The molecule has 0 aromatic carbocycles. The first kappa shape index (κ1) is 10.1. The number of hydrogen-bond donors (Lipinski definition) is 1. The van der Waals surface area contributed by atoms with Crippen molar-refractivity contribution in [1.82, 2.24) is 9.69 Å². The summed E-state index contributed by atoms with van der Waals surface area (Å²) in [6.45, 7) is 5.40. The third-order valence-corrected chi connectivity index (χ3v) is 3.81. The first-order valence-corrected chi connectivity index (χ1v) is 6.17. The molecule has 1 aliphatic carbocycles. The number of aryl methyl sites for hydroxylation is 1. The molecule has 1 saturated carbocycles. The van der Waals surface area contributed by atoms with Crippen LogP contribution < -0.4 is 5.32 Å². The average Bonchev–Trinajstić information content (AvgIpc) is 2.72. The van der Waals surface area contributed by atoms with Crippen LogP contribution in [0.15, 0.2) is 6.07 Å². The Hall–Kier alpha value is -0.410. The molecule has 14 heavy (non-hydrogen) atoms. The largest absolute Gasteiger partial charge is 0.309 e. The molecule has 0 amide bonds. The van der Waals surface area contributed by atoms with Gasteiger partial charge in [0.25, 0.3) is 0 Å². The Bertz CT molecular complexity index is 295. The summed E-state index contributed by atoms with van der Waals surface area (Å²) >= 11 is 1.62. The first-order chi connectivity index (χ1) is 6.74. The van der Waals surface area contributed by atoms with E-state index in [4.69, 9.17) is 0 Å². The molecule has 2 atom stereocenters. The summed E-state index contributed by atoms with van der Waals surface area (Å²) in [7, 11) is 0. The lowest BCUT2D eigenvalue weighted by atomic mass is 10.1. The molecule has 1 fully saturated rings. The van der Waals surface area contributed by atoms with Gasteiger partial charge >= 0.3 is 0 Å². The van der Waals surface area contributed by atoms with Gasteiger partial charge < -0.3 is 5.32 Å². The maximum atomic E-state index is 4.28. The minimum Gasteiger partial charge on any atom is -0.309 e. The van der Waals surface area contributed by atoms with Gasteiger partial charge in [-0.05, 0) is 49.7 Å². The van der Waals surface area contributed by atoms with Gasteiger partial charge in [0.15, 0.2) is 0 Å². The number of hydrogen-bond acceptors (Lipinski definition) is 3. The Labute approximate surface area is 89.9 Å². The third kappa shape index (κ3) is 2.55. The molecule has 0 spiro atoms. The SMILES string of the molecule is Cc1cc(CNC2CCC(C)C2)sn1. The van der Waals surface area contributed by atoms with Crippen molar-refractivity contribution in [3.05, 3.63) is 16.6 Å². The predicted octanol–water partition coefficient (Wildman–Crippen LogP) is 2.73. The Balaban J connectivity index is 1.77. The zero-order chi connectivity index (χ0) is 9.97. The van der Waals surface area contributed by atoms with E-state index in [9.17, 15) is 0 Å². The molecule has 0 bridgehead atoms. The van der Waals surface area contributed by atoms with Crippen LogP contribution in [0.5, 0.6) is 0 Å². The lowest BCUT2D eigenvalue weighted by Gasteiger charge is -2.10. The van der Waals surface area contributed by atoms with Crippen molar-refractivity contribution in [2.75, 3.05) is 0 Å². The molecule has 0 radical (unpaired) electrons. The maximum Gasteiger partial charge on any atom is 0.0514 e. The Kier molecular flexibility index (Phi) is 3.19. The summed E-state index contributed by atoms with van der Waals surface area (Å²) in [5.74, 6) is 0.913. The van der Waals surface area contributed by atoms with Crippen molar-refractivity contribution in [3.63, 3.8) is 0 Å². The van der Waals surface area contributed by atoms with Crippen LogP contribution in [0.2, 0.25) is 0 Å². The van der Waals surface area contributed by atoms with E-state index in [-0.39, 0.29) is 0 Å². The molecule has 78 valence electrons. The zero-order valence-electron chi connectivity index (χ0n) is 8.92. The molecular formula is C11H18N2S. The van der Waals surface area contributed by atoms with E-state index in [0.29, 0.717) is 0 Å². The van der Waals surface area contributed by atoms with Gasteiger partial charge in [0.2, 0.25) is 0 Å². The van der Waals surface area contributed by atoms with Crippen LogP contribution in [0.4, 0.5) is 0 Å². The maximum absolute atomic E-state index is 4.28. The molecule has 2 rings (SSSR count). The molecule has 2 unspecified atom stereocenters. The molecule has 1 aromatic heterocycles. The minimum atomic E-state index is 0.743. The molecule has 1 N–H and O–H groups in total. The Morgan fingerprint density at radius 1 is 1.57 bits per heavy atom. The van der Waals surface area contributed by atoms with Crippen molar-refractivity contribution >= 4 is 11.5 Å². The predicted molar refractivity (Wildman–Crippen MR) is 60.5 cm³/mol. The standard InChI is InChI=1S/C11H18N2S/c1-8-3-4-10(5-8)12-7-11-6-9(2)13-14-11/h6,8,10,12H,3-5,7H2,1-2H3. The highest BCUT2D eigenvalue weighted by molar-refractivity contribution is 7.05. The number of rotatable bonds is 3. The van der Waals surface area contributed by atoms with Crippen LogP contribution in [-0.4, -0.2) is 10.4 Å². The number of nitrogens with one attached hydrogen (secondary N) is 1. The molecule has 1 aliphatic rings. The van der Waals surface area contributed by atoms with Gasteiger partial charge in [-0.2, -0.15) is 4.37 Å². The van der Waals surface area contributed by atoms with Gasteiger partial charge in [-0.15, -0.1) is 0 Å². The van der Waals surface area contributed by atoms with E-state index in [1.54, 1.807) is 11.5 Å². The van der Waals surface area contributed by atoms with Crippen molar-refractivity contribution < 1.29 is 0 Å². The summed E-state index contributed by atoms with van der Waals surface area (Å²) in [4.78, 5) is 1.36. The Morgan fingerprint density at radius 3 is 3.00 bits per heavy atom. The van der Waals surface area contributed by atoms with E-state index in [0.717, 1.165) is 24.2 Å². The number of aromatic nitrogens is 1. The average molecular weight is 210 g/mol. The summed E-state index contributed by atoms with van der Waals surface area (Å²) in [5.41, 5.74) is 1.14. The zero-order valence-corrected chi connectivity index (χ0v) is 9.73. The van der Waals surface area contributed by atoms with Gasteiger partial charge in [-0.25, -0.2) is 0 Å². The normalized spacial score (nSPS) is 27.0. The van der Waals surface area contributed by atoms with E-state index in [1.165, 1.54) is 24.1 Å². The molecule has 3 heteroatoms. The van der Waals surface area contributed by atoms with E-state index < -0.39 is 0 Å². The highest BCUT2D eigenvalue weighted by Gasteiger charge is 2.20. The monoisotopic (exact) mass is 210 g/mol. The van der Waals surface area contributed by atoms with Gasteiger partial charge in [-0.1, -0.05) is 6.92 Å². The van der Waals surface area contributed by atoms with E-state index >= 15 is 0 Å².